The van der Waals surface area contributed by atoms with Crippen molar-refractivity contribution in [1.29, 1.82) is 0 Å². The Labute approximate surface area is 282 Å². The topological polar surface area (TPSA) is 9.72 Å². The van der Waals surface area contributed by atoms with Crippen molar-refractivity contribution in [3.63, 3.8) is 0 Å². The third kappa shape index (κ3) is 7.07. The van der Waals surface area contributed by atoms with Crippen molar-refractivity contribution in [2.45, 2.75) is 27.7 Å². The Morgan fingerprint density at radius 3 is 0.854 bits per heavy atom. The minimum absolute atomic E-state index is 0. The maximum absolute atomic E-state index is 2.63. The van der Waals surface area contributed by atoms with Gasteiger partial charge < -0.3 is 51.9 Å². The fourth-order valence-electron chi connectivity index (χ4n) is 5.74. The van der Waals surface area contributed by atoms with Crippen LogP contribution in [0.5, 0.6) is 0 Å². The maximum atomic E-state index is 2.39. The van der Waals surface area contributed by atoms with Gasteiger partial charge in [-0.05, 0) is 36.4 Å². The maximum Gasteiger partial charge on any atom is 4.00 e. The number of benzene rings is 3. The van der Waals surface area contributed by atoms with Gasteiger partial charge >= 0.3 is 21.7 Å². The summed E-state index contributed by atoms with van der Waals surface area (Å²) in [7, 11) is 10.0. The van der Waals surface area contributed by atoms with Gasteiger partial charge in [-0.1, -0.05) is 79.7 Å². The zero-order valence-corrected chi connectivity index (χ0v) is 30.7. The zero-order valence-electron chi connectivity index (χ0n) is 25.9. The molecule has 0 aliphatic rings. The van der Waals surface area contributed by atoms with Gasteiger partial charge in [0.1, 0.15) is 8.07 Å². The minimum Gasteiger partial charge on any atom is -1.00 e. The summed E-state index contributed by atoms with van der Waals surface area (Å²) in [5.74, 6) is 0. The predicted octanol–water partition coefficient (Wildman–Crippen LogP) is -4.78. The summed E-state index contributed by atoms with van der Waals surface area (Å²) >= 11 is 0. The number of nitrogens with zero attached hydrogens (tertiary/aromatic N) is 3. The number of anilines is 3. The molecule has 0 spiro atoms. The summed E-state index contributed by atoms with van der Waals surface area (Å²) in [5.41, 5.74) is 9.38. The van der Waals surface area contributed by atoms with E-state index >= 15 is 0 Å². The number of rotatable bonds is 7. The van der Waals surface area contributed by atoms with Crippen molar-refractivity contribution >= 4 is 45.9 Å². The monoisotopic (exact) mass is 661 g/mol. The zero-order chi connectivity index (χ0) is 27.1. The predicted molar refractivity (Wildman–Crippen MR) is 168 cm³/mol. The Bertz CT molecular complexity index is 1230. The fraction of sp³-hybridized carbons (Fsp3) is 0.303. The first-order chi connectivity index (χ1) is 17.5. The summed E-state index contributed by atoms with van der Waals surface area (Å²) in [6.07, 6.45) is 0. The molecule has 0 saturated carbocycles. The molecule has 0 aromatic heterocycles. The second kappa shape index (κ2) is 15.6. The van der Waals surface area contributed by atoms with Crippen LogP contribution in [0.15, 0.2) is 72.8 Å². The molecule has 8 heteroatoms. The number of halogens is 3. The van der Waals surface area contributed by atoms with Crippen molar-refractivity contribution in [2.24, 2.45) is 0 Å². The molecule has 0 atom stereocenters. The Balaban J connectivity index is 0.00000400. The fourth-order valence-corrected chi connectivity index (χ4v) is 11.1. The minimum atomic E-state index is -2.63. The molecule has 3 nitrogen and oxygen atoms in total. The molecule has 41 heavy (non-hydrogen) atoms. The van der Waals surface area contributed by atoms with E-state index < -0.39 is 8.07 Å². The van der Waals surface area contributed by atoms with Crippen LogP contribution in [0.25, 0.3) is 0 Å². The standard InChI is InChI=1S/C33H42N3Si.3ClH.Ti/c1-23-24(2)26(4)33(25(23)3)37(30-17-11-27(12-18-30)34(5)6,31-19-13-28(14-20-31)35(7)8)32-21-15-29(16-22-32)36(9)10;;;;/h11-22H,1-10H3;3*1H;/q-1;;;;+4/p-3. The van der Waals surface area contributed by atoms with E-state index in [-0.39, 0.29) is 58.9 Å². The largest absolute Gasteiger partial charge is 4.00 e. The number of hydrogen-bond donors (Lipinski definition) is 0. The van der Waals surface area contributed by atoms with Gasteiger partial charge in [0.15, 0.2) is 0 Å². The van der Waals surface area contributed by atoms with Crippen LogP contribution in [0.1, 0.15) is 22.3 Å². The molecule has 0 N–H and O–H groups in total. The van der Waals surface area contributed by atoms with E-state index in [0.29, 0.717) is 0 Å². The van der Waals surface area contributed by atoms with Crippen molar-refractivity contribution in [3.8, 4) is 0 Å². The summed E-state index contributed by atoms with van der Waals surface area (Å²) in [6, 6.07) is 28.0. The second-order valence-electron chi connectivity index (χ2n) is 10.9. The van der Waals surface area contributed by atoms with E-state index in [2.05, 4.69) is 157 Å². The van der Waals surface area contributed by atoms with E-state index in [9.17, 15) is 0 Å². The van der Waals surface area contributed by atoms with E-state index in [4.69, 9.17) is 0 Å². The molecule has 0 bridgehead atoms. The van der Waals surface area contributed by atoms with Gasteiger partial charge in [0, 0.05) is 59.3 Å². The Morgan fingerprint density at radius 2 is 0.659 bits per heavy atom. The van der Waals surface area contributed by atoms with Crippen molar-refractivity contribution in [3.05, 3.63) is 95.1 Å². The summed E-state index contributed by atoms with van der Waals surface area (Å²) in [4.78, 5) is 6.54. The molecule has 0 saturated heterocycles. The van der Waals surface area contributed by atoms with Crippen molar-refractivity contribution in [2.75, 3.05) is 57.0 Å². The average molecular weight is 663 g/mol. The van der Waals surface area contributed by atoms with E-state index in [1.807, 2.05) is 0 Å². The van der Waals surface area contributed by atoms with Gasteiger partial charge in [-0.3, -0.25) is 0 Å². The van der Waals surface area contributed by atoms with Gasteiger partial charge in [-0.25, -0.2) is 0 Å². The molecule has 0 radical (unpaired) electrons. The van der Waals surface area contributed by atoms with Gasteiger partial charge in [-0.2, -0.15) is 22.3 Å². The number of hydrogen-bond acceptors (Lipinski definition) is 3. The summed E-state index contributed by atoms with van der Waals surface area (Å²) < 4.78 is 0. The second-order valence-corrected chi connectivity index (χ2v) is 14.7. The molecule has 0 amide bonds. The molecule has 0 fully saturated rings. The van der Waals surface area contributed by atoms with Crippen LogP contribution >= 0.6 is 0 Å². The first kappa shape index (κ1) is 39.2. The van der Waals surface area contributed by atoms with Gasteiger partial charge in [0.2, 0.25) is 0 Å². The normalized spacial score (nSPS) is 10.4. The molecule has 0 aliphatic heterocycles. The van der Waals surface area contributed by atoms with Crippen LogP contribution in [0, 0.1) is 27.7 Å². The van der Waals surface area contributed by atoms with E-state index in [1.54, 1.807) is 0 Å². The van der Waals surface area contributed by atoms with Crippen LogP contribution in [-0.4, -0.2) is 50.4 Å². The van der Waals surface area contributed by atoms with Gasteiger partial charge in [0.05, 0.1) is 0 Å². The molecule has 4 rings (SSSR count). The molecular weight excluding hydrogens is 621 g/mol. The molecular formula is C33H42Cl3N3SiTi. The van der Waals surface area contributed by atoms with Crippen LogP contribution < -0.4 is 72.7 Å². The van der Waals surface area contributed by atoms with Crippen LogP contribution in [-0.2, 0) is 21.7 Å². The Hall–Kier alpha value is -1.79. The molecule has 0 aliphatic carbocycles. The van der Waals surface area contributed by atoms with Crippen LogP contribution in [0.4, 0.5) is 17.1 Å². The molecule has 0 unspecified atom stereocenters. The molecule has 4 aromatic carbocycles. The van der Waals surface area contributed by atoms with Gasteiger partial charge in [0.25, 0.3) is 0 Å². The first-order valence-electron chi connectivity index (χ1n) is 13.1. The van der Waals surface area contributed by atoms with E-state index in [1.165, 1.54) is 60.1 Å². The average Bonchev–Trinajstić information content (AvgIpc) is 3.08. The molecule has 218 valence electrons. The van der Waals surface area contributed by atoms with Crippen molar-refractivity contribution in [1.82, 2.24) is 0 Å². The first-order valence-corrected chi connectivity index (χ1v) is 15.1. The summed E-state index contributed by atoms with van der Waals surface area (Å²) in [5, 5.41) is 5.80. The van der Waals surface area contributed by atoms with Crippen molar-refractivity contribution < 1.29 is 58.9 Å². The van der Waals surface area contributed by atoms with Crippen LogP contribution in [0.3, 0.4) is 0 Å². The quantitative estimate of drug-likeness (QED) is 0.112. The molecule has 0 heterocycles. The third-order valence-corrected chi connectivity index (χ3v) is 13.4. The summed E-state index contributed by atoms with van der Waals surface area (Å²) in [6.45, 7) is 9.26. The molecule has 4 aromatic rings. The Morgan fingerprint density at radius 1 is 0.439 bits per heavy atom. The van der Waals surface area contributed by atoms with Gasteiger partial charge in [-0.15, -0.1) is 5.19 Å². The smallest absolute Gasteiger partial charge is 1.00 e. The SMILES string of the molecule is Cc1c(C)c(C)[c-]([Si](c2ccc(N(C)C)cc2)(c2ccc(N(C)C)cc2)c2ccc(N(C)C)cc2)c1C.[Cl-].[Cl-].[Cl-].[Ti+4]. The van der Waals surface area contributed by atoms with Crippen LogP contribution in [0.2, 0.25) is 0 Å². The van der Waals surface area contributed by atoms with E-state index in [0.717, 1.165) is 0 Å². The Kier molecular flexibility index (Phi) is 14.9. The third-order valence-electron chi connectivity index (χ3n) is 8.26.